The van der Waals surface area contributed by atoms with Crippen LogP contribution in [0.1, 0.15) is 45.4 Å². The fourth-order valence-electron chi connectivity index (χ4n) is 2.98. The molecule has 1 aromatic rings. The SMILES string of the molecule is CCNC(=NCCNS(=O)(=O)c1cccs1)NCCOC1CCCCCC1.I. The van der Waals surface area contributed by atoms with Gasteiger partial charge in [0, 0.05) is 19.6 Å². The minimum atomic E-state index is -3.43. The number of sulfonamides is 1. The Labute approximate surface area is 190 Å². The number of hydrogen-bond acceptors (Lipinski definition) is 5. The second-order valence-corrected chi connectivity index (χ2v) is 9.44. The maximum absolute atomic E-state index is 12.1. The first-order chi connectivity index (χ1) is 13.1. The van der Waals surface area contributed by atoms with Crippen molar-refractivity contribution in [1.29, 1.82) is 0 Å². The highest BCUT2D eigenvalue weighted by molar-refractivity contribution is 14.0. The number of halogens is 1. The van der Waals surface area contributed by atoms with Gasteiger partial charge in [-0.1, -0.05) is 31.7 Å². The van der Waals surface area contributed by atoms with E-state index in [1.807, 2.05) is 6.92 Å². The van der Waals surface area contributed by atoms with E-state index in [0.29, 0.717) is 36.0 Å². The Hall–Kier alpha value is -0.430. The largest absolute Gasteiger partial charge is 0.376 e. The zero-order valence-electron chi connectivity index (χ0n) is 16.5. The third kappa shape index (κ3) is 9.86. The van der Waals surface area contributed by atoms with Crippen LogP contribution in [0.4, 0.5) is 0 Å². The first-order valence-electron chi connectivity index (χ1n) is 9.79. The fourth-order valence-corrected chi connectivity index (χ4v) is 5.04. The van der Waals surface area contributed by atoms with Gasteiger partial charge >= 0.3 is 0 Å². The molecular weight excluding hydrogens is 511 g/mol. The fraction of sp³-hybridized carbons (Fsp3) is 0.722. The number of hydrogen-bond donors (Lipinski definition) is 3. The molecule has 0 aliphatic heterocycles. The summed E-state index contributed by atoms with van der Waals surface area (Å²) in [4.78, 5) is 4.41. The van der Waals surface area contributed by atoms with Crippen LogP contribution >= 0.6 is 35.3 Å². The van der Waals surface area contributed by atoms with Gasteiger partial charge in [-0.15, -0.1) is 35.3 Å². The number of ether oxygens (including phenoxy) is 1. The topological polar surface area (TPSA) is 91.8 Å². The molecule has 1 aliphatic carbocycles. The molecule has 1 heterocycles. The lowest BCUT2D eigenvalue weighted by atomic mass is 10.1. The van der Waals surface area contributed by atoms with Crippen molar-refractivity contribution in [2.75, 3.05) is 32.8 Å². The van der Waals surface area contributed by atoms with Crippen LogP contribution in [0.15, 0.2) is 26.7 Å². The van der Waals surface area contributed by atoms with Crippen LogP contribution in [-0.2, 0) is 14.8 Å². The maximum Gasteiger partial charge on any atom is 0.250 e. The summed E-state index contributed by atoms with van der Waals surface area (Å²) in [6.07, 6.45) is 7.90. The third-order valence-electron chi connectivity index (χ3n) is 4.33. The number of nitrogens with zero attached hydrogens (tertiary/aromatic N) is 1. The first-order valence-corrected chi connectivity index (χ1v) is 12.1. The Morgan fingerprint density at radius 2 is 1.96 bits per heavy atom. The Kier molecular flexibility index (Phi) is 13.3. The van der Waals surface area contributed by atoms with Crippen molar-refractivity contribution in [3.8, 4) is 0 Å². The molecule has 2 rings (SSSR count). The molecule has 0 radical (unpaired) electrons. The van der Waals surface area contributed by atoms with Crippen molar-refractivity contribution in [1.82, 2.24) is 15.4 Å². The summed E-state index contributed by atoms with van der Waals surface area (Å²) < 4.78 is 33.0. The first kappa shape index (κ1) is 25.6. The monoisotopic (exact) mass is 544 g/mol. The number of nitrogens with one attached hydrogen (secondary N) is 3. The summed E-state index contributed by atoms with van der Waals surface area (Å²) in [5.74, 6) is 0.678. The van der Waals surface area contributed by atoms with Crippen LogP contribution < -0.4 is 15.4 Å². The Balaban J connectivity index is 0.00000392. The molecular formula is C18H33IN4O3S2. The summed E-state index contributed by atoms with van der Waals surface area (Å²) >= 11 is 1.20. The standard InChI is InChI=1S/C18H32N4O3S2.HI/c1-2-19-18(21-13-14-25-16-8-5-3-4-6-9-16)20-11-12-22-27(23,24)17-10-7-15-26-17;/h7,10,15-16,22H,2-6,8-9,11-14H2,1H3,(H2,19,20,21);1H. The highest BCUT2D eigenvalue weighted by atomic mass is 127. The van der Waals surface area contributed by atoms with Crippen LogP contribution in [0, 0.1) is 0 Å². The number of thiophene rings is 1. The van der Waals surface area contributed by atoms with E-state index in [4.69, 9.17) is 4.74 Å². The molecule has 0 amide bonds. The lowest BCUT2D eigenvalue weighted by Crippen LogP contribution is -2.40. The van der Waals surface area contributed by atoms with Crippen molar-refractivity contribution in [3.05, 3.63) is 17.5 Å². The van der Waals surface area contributed by atoms with Gasteiger partial charge < -0.3 is 15.4 Å². The van der Waals surface area contributed by atoms with Crippen molar-refractivity contribution in [3.63, 3.8) is 0 Å². The second-order valence-electron chi connectivity index (χ2n) is 6.50. The predicted octanol–water partition coefficient (Wildman–Crippen LogP) is 2.94. The highest BCUT2D eigenvalue weighted by Crippen LogP contribution is 2.19. The summed E-state index contributed by atoms with van der Waals surface area (Å²) in [6.45, 7) is 4.71. The molecule has 0 unspecified atom stereocenters. The predicted molar refractivity (Wildman–Crippen MR) is 126 cm³/mol. The minimum absolute atomic E-state index is 0. The zero-order chi connectivity index (χ0) is 19.4. The summed E-state index contributed by atoms with van der Waals surface area (Å²) in [7, 11) is -3.43. The molecule has 1 saturated carbocycles. The summed E-state index contributed by atoms with van der Waals surface area (Å²) in [5, 5.41) is 8.15. The van der Waals surface area contributed by atoms with E-state index in [0.717, 1.165) is 6.54 Å². The number of guanidine groups is 1. The van der Waals surface area contributed by atoms with Gasteiger partial charge in [0.15, 0.2) is 5.96 Å². The van der Waals surface area contributed by atoms with Gasteiger partial charge in [0.25, 0.3) is 0 Å². The van der Waals surface area contributed by atoms with E-state index in [-0.39, 0.29) is 30.5 Å². The van der Waals surface area contributed by atoms with E-state index in [1.165, 1.54) is 49.9 Å². The second kappa shape index (κ2) is 14.5. The van der Waals surface area contributed by atoms with Gasteiger partial charge in [0.2, 0.25) is 10.0 Å². The quantitative estimate of drug-likeness (QED) is 0.139. The lowest BCUT2D eigenvalue weighted by molar-refractivity contribution is 0.0468. The van der Waals surface area contributed by atoms with Crippen molar-refractivity contribution in [2.24, 2.45) is 4.99 Å². The Morgan fingerprint density at radius 3 is 2.61 bits per heavy atom. The molecule has 3 N–H and O–H groups in total. The summed E-state index contributed by atoms with van der Waals surface area (Å²) in [5.41, 5.74) is 0. The number of aliphatic imine (C=N–C) groups is 1. The molecule has 1 aromatic heterocycles. The molecule has 1 fully saturated rings. The van der Waals surface area contributed by atoms with E-state index < -0.39 is 10.0 Å². The molecule has 1 aliphatic rings. The average Bonchev–Trinajstić information content (AvgIpc) is 3.08. The smallest absolute Gasteiger partial charge is 0.250 e. The molecule has 10 heteroatoms. The highest BCUT2D eigenvalue weighted by Gasteiger charge is 2.14. The molecule has 0 saturated heterocycles. The van der Waals surface area contributed by atoms with Gasteiger partial charge in [-0.3, -0.25) is 4.99 Å². The van der Waals surface area contributed by atoms with E-state index >= 15 is 0 Å². The third-order valence-corrected chi connectivity index (χ3v) is 7.19. The molecule has 0 spiro atoms. The van der Waals surface area contributed by atoms with Gasteiger partial charge in [-0.25, -0.2) is 13.1 Å². The Morgan fingerprint density at radius 1 is 1.21 bits per heavy atom. The van der Waals surface area contributed by atoms with Crippen LogP contribution in [0.2, 0.25) is 0 Å². The maximum atomic E-state index is 12.1. The van der Waals surface area contributed by atoms with Gasteiger partial charge in [0.05, 0.1) is 19.3 Å². The van der Waals surface area contributed by atoms with Crippen molar-refractivity contribution in [2.45, 2.75) is 55.8 Å². The van der Waals surface area contributed by atoms with Crippen LogP contribution in [0.3, 0.4) is 0 Å². The van der Waals surface area contributed by atoms with Crippen molar-refractivity contribution >= 4 is 51.3 Å². The summed E-state index contributed by atoms with van der Waals surface area (Å²) in [6, 6.07) is 3.32. The van der Waals surface area contributed by atoms with Crippen LogP contribution in [0.5, 0.6) is 0 Å². The molecule has 162 valence electrons. The Bertz CT molecular complexity index is 646. The minimum Gasteiger partial charge on any atom is -0.376 e. The van der Waals surface area contributed by atoms with E-state index in [2.05, 4.69) is 20.3 Å². The van der Waals surface area contributed by atoms with E-state index in [1.54, 1.807) is 17.5 Å². The van der Waals surface area contributed by atoms with Crippen molar-refractivity contribution < 1.29 is 13.2 Å². The van der Waals surface area contributed by atoms with Crippen LogP contribution in [0.25, 0.3) is 0 Å². The molecule has 7 nitrogen and oxygen atoms in total. The molecule has 0 atom stereocenters. The van der Waals surface area contributed by atoms with E-state index in [9.17, 15) is 8.42 Å². The average molecular weight is 545 g/mol. The molecule has 28 heavy (non-hydrogen) atoms. The zero-order valence-corrected chi connectivity index (χ0v) is 20.4. The number of rotatable bonds is 10. The van der Waals surface area contributed by atoms with Gasteiger partial charge in [0.1, 0.15) is 4.21 Å². The normalized spacial score (nSPS) is 16.2. The lowest BCUT2D eigenvalue weighted by Gasteiger charge is -2.16. The van der Waals surface area contributed by atoms with Gasteiger partial charge in [-0.05, 0) is 31.2 Å². The molecule has 0 aromatic carbocycles. The van der Waals surface area contributed by atoms with Crippen LogP contribution in [-0.4, -0.2) is 53.3 Å². The molecule has 0 bridgehead atoms. The van der Waals surface area contributed by atoms with Gasteiger partial charge in [-0.2, -0.15) is 0 Å².